The average Bonchev–Trinajstić information content (AvgIpc) is 3.58. The van der Waals surface area contributed by atoms with Gasteiger partial charge < -0.3 is 15.7 Å². The van der Waals surface area contributed by atoms with Gasteiger partial charge in [-0.25, -0.2) is 14.4 Å². The molecule has 2 aromatic carbocycles. The third-order valence-electron chi connectivity index (χ3n) is 6.64. The lowest BCUT2D eigenvalue weighted by Gasteiger charge is -2.11. The molecule has 4 N–H and O–H groups in total. The molecule has 0 saturated heterocycles. The molecule has 0 aliphatic rings. The Balaban J connectivity index is 1.33. The maximum absolute atomic E-state index is 14.5. The first-order valence-corrected chi connectivity index (χ1v) is 12.5. The van der Waals surface area contributed by atoms with Gasteiger partial charge in [0.2, 0.25) is 0 Å². The van der Waals surface area contributed by atoms with E-state index in [1.807, 2.05) is 37.3 Å². The summed E-state index contributed by atoms with van der Waals surface area (Å²) in [5.74, 6) is -0.766. The molecule has 0 spiro atoms. The predicted octanol–water partition coefficient (Wildman–Crippen LogP) is 5.89. The lowest BCUT2D eigenvalue weighted by molar-refractivity contribution is 0.102. The first-order valence-electron chi connectivity index (χ1n) is 12.5. The van der Waals surface area contributed by atoms with Crippen molar-refractivity contribution in [3.63, 3.8) is 0 Å². The molecule has 4 aromatic heterocycles. The van der Waals surface area contributed by atoms with Crippen LogP contribution in [0.4, 0.5) is 10.1 Å². The molecule has 10 heteroatoms. The van der Waals surface area contributed by atoms with Crippen molar-refractivity contribution in [2.45, 2.75) is 12.8 Å². The molecular weight excluding hydrogens is 507 g/mol. The fraction of sp³-hybridized carbons (Fsp3) is 0.0667. The zero-order valence-corrected chi connectivity index (χ0v) is 21.3. The van der Waals surface area contributed by atoms with E-state index >= 15 is 0 Å². The Morgan fingerprint density at radius 2 is 1.80 bits per heavy atom. The highest BCUT2D eigenvalue weighted by atomic mass is 19.1. The number of halogens is 1. The molecule has 0 radical (unpaired) electrons. The normalized spacial score (nSPS) is 11.8. The van der Waals surface area contributed by atoms with E-state index in [0.29, 0.717) is 50.8 Å². The zero-order valence-electron chi connectivity index (χ0n) is 21.3. The van der Waals surface area contributed by atoms with Crippen molar-refractivity contribution < 1.29 is 9.18 Å². The highest BCUT2D eigenvalue weighted by Crippen LogP contribution is 2.32. The number of aryl methyl sites for hydroxylation is 1. The Hall–Kier alpha value is -5.51. The summed E-state index contributed by atoms with van der Waals surface area (Å²) >= 11 is 0. The molecule has 6 rings (SSSR count). The second-order valence-electron chi connectivity index (χ2n) is 9.24. The Morgan fingerprint density at radius 3 is 2.60 bits per heavy atom. The third kappa shape index (κ3) is 4.62. The van der Waals surface area contributed by atoms with Gasteiger partial charge in [-0.3, -0.25) is 14.9 Å². The molecular formula is C30H23FN8O. The number of rotatable bonds is 7. The number of hydrogen-bond donors (Lipinski definition) is 4. The number of H-pyrrole nitrogens is 2. The summed E-state index contributed by atoms with van der Waals surface area (Å²) in [4.78, 5) is 29.4. The molecule has 4 heterocycles. The summed E-state index contributed by atoms with van der Waals surface area (Å²) < 4.78 is 14.5. The number of carbonyl (C=O) groups is 1. The molecule has 1 atom stereocenters. The first-order chi connectivity index (χ1) is 19.5. The van der Waals surface area contributed by atoms with E-state index in [4.69, 9.17) is 10.4 Å². The number of imidazole rings is 1. The van der Waals surface area contributed by atoms with Crippen LogP contribution in [0.1, 0.15) is 33.2 Å². The maximum Gasteiger partial charge on any atom is 0.255 e. The molecule has 1 amide bonds. The molecule has 0 aliphatic carbocycles. The summed E-state index contributed by atoms with van der Waals surface area (Å²) in [6.07, 6.45) is 6.16. The lowest BCUT2D eigenvalue weighted by Crippen LogP contribution is -2.11. The minimum Gasteiger partial charge on any atom is -0.341 e. The van der Waals surface area contributed by atoms with Crippen LogP contribution >= 0.6 is 0 Å². The molecule has 0 fully saturated rings. The summed E-state index contributed by atoms with van der Waals surface area (Å²) in [6.45, 7) is 1.84. The van der Waals surface area contributed by atoms with Gasteiger partial charge in [-0.2, -0.15) is 5.10 Å². The van der Waals surface area contributed by atoms with E-state index in [1.165, 1.54) is 12.3 Å². The standard InChI is InChI=1S/C30H23FN8O/c1-17-26(24(13-32)22-9-5-6-10-25(22)31)37-29(35-17)27-23-12-20(15-34-28(23)39-38-27)19-11-21(16-33-14-19)36-30(40)18-7-3-2-4-8-18/h2-16,24,32H,1H3,(H,35,37)(H,36,40)(H,34,38,39). The lowest BCUT2D eigenvalue weighted by atomic mass is 9.95. The van der Waals surface area contributed by atoms with Crippen LogP contribution < -0.4 is 5.32 Å². The number of hydrogen-bond acceptors (Lipinski definition) is 6. The monoisotopic (exact) mass is 530 g/mol. The van der Waals surface area contributed by atoms with Crippen LogP contribution in [0.3, 0.4) is 0 Å². The van der Waals surface area contributed by atoms with Crippen LogP contribution in [-0.2, 0) is 0 Å². The second-order valence-corrected chi connectivity index (χ2v) is 9.24. The van der Waals surface area contributed by atoms with Crippen LogP contribution in [-0.4, -0.2) is 42.3 Å². The number of nitrogens with one attached hydrogen (secondary N) is 4. The largest absolute Gasteiger partial charge is 0.341 e. The van der Waals surface area contributed by atoms with Gasteiger partial charge in [-0.15, -0.1) is 0 Å². The molecule has 0 bridgehead atoms. The number of aromatic amines is 2. The first kappa shape index (κ1) is 24.8. The van der Waals surface area contributed by atoms with E-state index in [1.54, 1.807) is 48.9 Å². The number of amides is 1. The van der Waals surface area contributed by atoms with Gasteiger partial charge in [0.1, 0.15) is 11.5 Å². The topological polar surface area (TPSA) is 136 Å². The fourth-order valence-electron chi connectivity index (χ4n) is 4.64. The van der Waals surface area contributed by atoms with Crippen molar-refractivity contribution in [1.29, 1.82) is 5.41 Å². The Kier molecular flexibility index (Phi) is 6.41. The van der Waals surface area contributed by atoms with E-state index in [-0.39, 0.29) is 5.91 Å². The number of nitrogens with zero attached hydrogens (tertiary/aromatic N) is 4. The minimum absolute atomic E-state index is 0.229. The SMILES string of the molecule is Cc1[nH]c(-c2[nH]nc3ncc(-c4cncc(NC(=O)c5ccccc5)c4)cc23)nc1C(C=N)c1ccccc1F. The van der Waals surface area contributed by atoms with Crippen LogP contribution in [0.2, 0.25) is 0 Å². The van der Waals surface area contributed by atoms with E-state index in [0.717, 1.165) is 11.1 Å². The zero-order chi connectivity index (χ0) is 27.6. The van der Waals surface area contributed by atoms with E-state index in [9.17, 15) is 9.18 Å². The Labute approximate surface area is 228 Å². The summed E-state index contributed by atoms with van der Waals surface area (Å²) in [5.41, 5.74) is 5.37. The highest BCUT2D eigenvalue weighted by molar-refractivity contribution is 6.04. The van der Waals surface area contributed by atoms with Gasteiger partial charge in [0.15, 0.2) is 11.5 Å². The van der Waals surface area contributed by atoms with Crippen LogP contribution in [0.5, 0.6) is 0 Å². The summed E-state index contributed by atoms with van der Waals surface area (Å²) in [6, 6.07) is 19.1. The fourth-order valence-corrected chi connectivity index (χ4v) is 4.64. The number of anilines is 1. The Morgan fingerprint density at radius 1 is 1.02 bits per heavy atom. The summed E-state index contributed by atoms with van der Waals surface area (Å²) in [7, 11) is 0. The average molecular weight is 531 g/mol. The minimum atomic E-state index is -0.644. The molecule has 9 nitrogen and oxygen atoms in total. The highest BCUT2D eigenvalue weighted by Gasteiger charge is 2.23. The Bertz CT molecular complexity index is 1860. The second kappa shape index (κ2) is 10.3. The van der Waals surface area contributed by atoms with Crippen molar-refractivity contribution in [3.05, 3.63) is 114 Å². The third-order valence-corrected chi connectivity index (χ3v) is 6.64. The van der Waals surface area contributed by atoms with Gasteiger partial charge in [-0.05, 0) is 37.3 Å². The van der Waals surface area contributed by atoms with Crippen molar-refractivity contribution >= 4 is 28.8 Å². The van der Waals surface area contributed by atoms with Crippen molar-refractivity contribution in [2.75, 3.05) is 5.32 Å². The molecule has 0 saturated carbocycles. The van der Waals surface area contributed by atoms with Crippen LogP contribution in [0, 0.1) is 18.2 Å². The molecule has 40 heavy (non-hydrogen) atoms. The number of fused-ring (bicyclic) bond motifs is 1. The smallest absolute Gasteiger partial charge is 0.255 e. The van der Waals surface area contributed by atoms with Crippen molar-refractivity contribution in [2.24, 2.45) is 0 Å². The van der Waals surface area contributed by atoms with Gasteiger partial charge in [0.25, 0.3) is 5.91 Å². The molecule has 1 unspecified atom stereocenters. The van der Waals surface area contributed by atoms with Crippen LogP contribution in [0.25, 0.3) is 33.7 Å². The molecule has 0 aliphatic heterocycles. The van der Waals surface area contributed by atoms with E-state index < -0.39 is 11.7 Å². The quantitative estimate of drug-likeness (QED) is 0.191. The molecule has 196 valence electrons. The number of aromatic nitrogens is 6. The number of carbonyl (C=O) groups excluding carboxylic acids is 1. The number of benzene rings is 2. The van der Waals surface area contributed by atoms with Gasteiger partial charge in [0.05, 0.1) is 28.9 Å². The van der Waals surface area contributed by atoms with Gasteiger partial charge in [-0.1, -0.05) is 36.4 Å². The maximum atomic E-state index is 14.5. The van der Waals surface area contributed by atoms with Gasteiger partial charge >= 0.3 is 0 Å². The predicted molar refractivity (Wildman–Crippen MR) is 151 cm³/mol. The van der Waals surface area contributed by atoms with Crippen molar-refractivity contribution in [1.82, 2.24) is 30.1 Å². The van der Waals surface area contributed by atoms with E-state index in [2.05, 4.69) is 30.5 Å². The van der Waals surface area contributed by atoms with Gasteiger partial charge in [0, 0.05) is 46.6 Å². The summed E-state index contributed by atoms with van der Waals surface area (Å²) in [5, 5.41) is 18.9. The molecule has 6 aromatic rings. The van der Waals surface area contributed by atoms with Crippen molar-refractivity contribution in [3.8, 4) is 22.6 Å². The van der Waals surface area contributed by atoms with Crippen LogP contribution in [0.15, 0.2) is 85.3 Å². The number of pyridine rings is 2.